The van der Waals surface area contributed by atoms with Crippen LogP contribution in [-0.2, 0) is 0 Å². The van der Waals surface area contributed by atoms with E-state index in [9.17, 15) is 0 Å². The minimum Gasteiger partial charge on any atom is -0.497 e. The third kappa shape index (κ3) is 2.95. The first-order valence-electron chi connectivity index (χ1n) is 7.05. The van der Waals surface area contributed by atoms with Crippen molar-refractivity contribution in [1.82, 2.24) is 15.5 Å². The van der Waals surface area contributed by atoms with Gasteiger partial charge in [-0.3, -0.25) is 5.10 Å². The molecule has 6 heteroatoms. The van der Waals surface area contributed by atoms with Crippen molar-refractivity contribution in [1.29, 1.82) is 0 Å². The maximum atomic E-state index is 5.43. The van der Waals surface area contributed by atoms with Crippen LogP contribution in [0.15, 0.2) is 24.3 Å². The van der Waals surface area contributed by atoms with Gasteiger partial charge in [0.2, 0.25) is 0 Å². The van der Waals surface area contributed by atoms with Gasteiger partial charge in [0.15, 0.2) is 0 Å². The van der Waals surface area contributed by atoms with E-state index in [4.69, 9.17) is 9.47 Å². The Bertz CT molecular complexity index is 605. The molecule has 1 saturated heterocycles. The molecule has 2 aromatic rings. The number of hydrogen-bond acceptors (Lipinski definition) is 5. The van der Waals surface area contributed by atoms with E-state index >= 15 is 0 Å². The van der Waals surface area contributed by atoms with Gasteiger partial charge < -0.3 is 20.1 Å². The number of nitrogens with one attached hydrogen (secondary N) is 3. The average molecular weight is 288 g/mol. The summed E-state index contributed by atoms with van der Waals surface area (Å²) in [6, 6.07) is 8.19. The Labute approximate surface area is 123 Å². The molecular formula is C15H20N4O2. The number of aromatic nitrogens is 2. The molecule has 112 valence electrons. The van der Waals surface area contributed by atoms with Gasteiger partial charge in [-0.05, 0) is 25.1 Å². The molecule has 0 aliphatic carbocycles. The van der Waals surface area contributed by atoms with Gasteiger partial charge in [-0.25, -0.2) is 0 Å². The quantitative estimate of drug-likeness (QED) is 0.783. The van der Waals surface area contributed by atoms with Crippen LogP contribution in [-0.4, -0.2) is 43.5 Å². The number of ether oxygens (including phenoxy) is 2. The monoisotopic (exact) mass is 288 g/mol. The molecule has 1 aliphatic rings. The SMILES string of the molecule is COc1ccc(-c2cc(NC3CCNC3)n[nH]2)c(OC)c1. The molecule has 0 amide bonds. The number of anilines is 1. The van der Waals surface area contributed by atoms with Crippen molar-refractivity contribution in [3.05, 3.63) is 24.3 Å². The molecule has 0 radical (unpaired) electrons. The maximum Gasteiger partial charge on any atom is 0.148 e. The topological polar surface area (TPSA) is 71.2 Å². The summed E-state index contributed by atoms with van der Waals surface area (Å²) in [6.07, 6.45) is 1.12. The highest BCUT2D eigenvalue weighted by Gasteiger charge is 2.16. The lowest BCUT2D eigenvalue weighted by Crippen LogP contribution is -2.22. The van der Waals surface area contributed by atoms with E-state index in [1.807, 2.05) is 24.3 Å². The second-order valence-electron chi connectivity index (χ2n) is 5.07. The molecule has 0 spiro atoms. The molecular weight excluding hydrogens is 268 g/mol. The Morgan fingerprint density at radius 3 is 2.86 bits per heavy atom. The Balaban J connectivity index is 1.81. The van der Waals surface area contributed by atoms with Crippen LogP contribution in [0.3, 0.4) is 0 Å². The first kappa shape index (κ1) is 13.8. The van der Waals surface area contributed by atoms with Gasteiger partial charge >= 0.3 is 0 Å². The second kappa shape index (κ2) is 6.05. The Morgan fingerprint density at radius 2 is 2.14 bits per heavy atom. The van der Waals surface area contributed by atoms with Crippen LogP contribution in [0.2, 0.25) is 0 Å². The van der Waals surface area contributed by atoms with Crippen molar-refractivity contribution in [3.8, 4) is 22.8 Å². The molecule has 1 unspecified atom stereocenters. The lowest BCUT2D eigenvalue weighted by molar-refractivity contribution is 0.395. The lowest BCUT2D eigenvalue weighted by atomic mass is 10.1. The first-order chi connectivity index (χ1) is 10.3. The van der Waals surface area contributed by atoms with Crippen molar-refractivity contribution in [3.63, 3.8) is 0 Å². The normalized spacial score (nSPS) is 17.7. The number of H-pyrrole nitrogens is 1. The number of nitrogens with zero attached hydrogens (tertiary/aromatic N) is 1. The summed E-state index contributed by atoms with van der Waals surface area (Å²) in [5.74, 6) is 2.38. The van der Waals surface area contributed by atoms with Crippen LogP contribution in [0, 0.1) is 0 Å². The van der Waals surface area contributed by atoms with Crippen LogP contribution in [0.5, 0.6) is 11.5 Å². The summed E-state index contributed by atoms with van der Waals surface area (Å²) in [6.45, 7) is 2.04. The molecule has 3 N–H and O–H groups in total. The summed E-state index contributed by atoms with van der Waals surface area (Å²) >= 11 is 0. The second-order valence-corrected chi connectivity index (χ2v) is 5.07. The number of aromatic amines is 1. The summed E-state index contributed by atoms with van der Waals surface area (Å²) in [5, 5.41) is 14.1. The first-order valence-corrected chi connectivity index (χ1v) is 7.05. The minimum absolute atomic E-state index is 0.443. The van der Waals surface area contributed by atoms with Crippen LogP contribution in [0.4, 0.5) is 5.82 Å². The maximum absolute atomic E-state index is 5.43. The molecule has 1 aromatic heterocycles. The third-order valence-corrected chi connectivity index (χ3v) is 3.69. The van der Waals surface area contributed by atoms with Crippen LogP contribution >= 0.6 is 0 Å². The Kier molecular flexibility index (Phi) is 3.96. The summed E-state index contributed by atoms with van der Waals surface area (Å²) in [5.41, 5.74) is 1.88. The highest BCUT2D eigenvalue weighted by atomic mass is 16.5. The molecule has 1 aliphatic heterocycles. The van der Waals surface area contributed by atoms with Crippen molar-refractivity contribution in [2.24, 2.45) is 0 Å². The van der Waals surface area contributed by atoms with Crippen molar-refractivity contribution in [2.75, 3.05) is 32.6 Å². The molecule has 1 atom stereocenters. The van der Waals surface area contributed by atoms with E-state index in [2.05, 4.69) is 20.8 Å². The van der Waals surface area contributed by atoms with E-state index < -0.39 is 0 Å². The summed E-state index contributed by atoms with van der Waals surface area (Å²) in [4.78, 5) is 0. The van der Waals surface area contributed by atoms with Gasteiger partial charge in [0.1, 0.15) is 17.3 Å². The highest BCUT2D eigenvalue weighted by molar-refractivity contribution is 5.70. The predicted octanol–water partition coefficient (Wildman–Crippen LogP) is 1.87. The number of hydrogen-bond donors (Lipinski definition) is 3. The largest absolute Gasteiger partial charge is 0.497 e. The molecule has 0 saturated carbocycles. The lowest BCUT2D eigenvalue weighted by Gasteiger charge is -2.09. The molecule has 1 fully saturated rings. The van der Waals surface area contributed by atoms with E-state index in [0.29, 0.717) is 6.04 Å². The Morgan fingerprint density at radius 1 is 1.24 bits per heavy atom. The molecule has 3 rings (SSSR count). The zero-order chi connectivity index (χ0) is 14.7. The third-order valence-electron chi connectivity index (χ3n) is 3.69. The fourth-order valence-electron chi connectivity index (χ4n) is 2.54. The molecule has 6 nitrogen and oxygen atoms in total. The number of methoxy groups -OCH3 is 2. The van der Waals surface area contributed by atoms with Crippen molar-refractivity contribution < 1.29 is 9.47 Å². The zero-order valence-electron chi connectivity index (χ0n) is 12.3. The van der Waals surface area contributed by atoms with Gasteiger partial charge in [-0.1, -0.05) is 0 Å². The van der Waals surface area contributed by atoms with E-state index in [0.717, 1.165) is 48.1 Å². The van der Waals surface area contributed by atoms with Gasteiger partial charge in [-0.15, -0.1) is 0 Å². The summed E-state index contributed by atoms with van der Waals surface area (Å²) < 4.78 is 10.6. The minimum atomic E-state index is 0.443. The highest BCUT2D eigenvalue weighted by Crippen LogP contribution is 2.33. The number of benzene rings is 1. The fourth-order valence-corrected chi connectivity index (χ4v) is 2.54. The summed E-state index contributed by atoms with van der Waals surface area (Å²) in [7, 11) is 3.29. The fraction of sp³-hybridized carbons (Fsp3) is 0.400. The molecule has 0 bridgehead atoms. The smallest absolute Gasteiger partial charge is 0.148 e. The molecule has 21 heavy (non-hydrogen) atoms. The van der Waals surface area contributed by atoms with Gasteiger partial charge in [0.05, 0.1) is 19.9 Å². The van der Waals surface area contributed by atoms with Crippen molar-refractivity contribution in [2.45, 2.75) is 12.5 Å². The van der Waals surface area contributed by atoms with Crippen LogP contribution in [0.25, 0.3) is 11.3 Å². The van der Waals surface area contributed by atoms with E-state index in [-0.39, 0.29) is 0 Å². The van der Waals surface area contributed by atoms with Gasteiger partial charge in [0.25, 0.3) is 0 Å². The molecule has 1 aromatic carbocycles. The number of rotatable bonds is 5. The predicted molar refractivity (Wildman–Crippen MR) is 82.0 cm³/mol. The van der Waals surface area contributed by atoms with E-state index in [1.54, 1.807) is 14.2 Å². The standard InChI is InChI=1S/C15H20N4O2/c1-20-11-3-4-12(14(7-11)21-2)13-8-15(19-18-13)17-10-5-6-16-9-10/h3-4,7-8,10,16H,5-6,9H2,1-2H3,(H2,17,18,19). The zero-order valence-corrected chi connectivity index (χ0v) is 12.3. The van der Waals surface area contributed by atoms with Gasteiger partial charge in [0, 0.05) is 30.3 Å². The van der Waals surface area contributed by atoms with Crippen LogP contribution < -0.4 is 20.1 Å². The Hall–Kier alpha value is -2.21. The van der Waals surface area contributed by atoms with Crippen LogP contribution in [0.1, 0.15) is 6.42 Å². The van der Waals surface area contributed by atoms with Gasteiger partial charge in [-0.2, -0.15) is 5.10 Å². The van der Waals surface area contributed by atoms with E-state index in [1.165, 1.54) is 0 Å². The molecule has 2 heterocycles. The van der Waals surface area contributed by atoms with Crippen molar-refractivity contribution >= 4 is 5.82 Å². The average Bonchev–Trinajstić information content (AvgIpc) is 3.19.